The molecule has 0 amide bonds. The van der Waals surface area contributed by atoms with E-state index < -0.39 is 0 Å². The van der Waals surface area contributed by atoms with Gasteiger partial charge < -0.3 is 9.15 Å². The van der Waals surface area contributed by atoms with Gasteiger partial charge in [-0.2, -0.15) is 0 Å². The number of pyridine rings is 1. The summed E-state index contributed by atoms with van der Waals surface area (Å²) < 4.78 is 12.1. The van der Waals surface area contributed by atoms with Crippen LogP contribution in [-0.2, 0) is 0 Å². The Morgan fingerprint density at radius 1 is 1.16 bits per heavy atom. The summed E-state index contributed by atoms with van der Waals surface area (Å²) >= 11 is 0. The summed E-state index contributed by atoms with van der Waals surface area (Å²) in [7, 11) is 1.62. The third kappa shape index (κ3) is 1.81. The van der Waals surface area contributed by atoms with Gasteiger partial charge in [-0.3, -0.25) is 9.36 Å². The molecule has 0 saturated heterocycles. The SMILES string of the molecule is COc1ccc(-n2c(C)cc3occc3c2=O)cc1. The average molecular weight is 255 g/mol. The van der Waals surface area contributed by atoms with Crippen LogP contribution in [0.2, 0.25) is 0 Å². The van der Waals surface area contributed by atoms with Gasteiger partial charge in [0.1, 0.15) is 11.3 Å². The lowest BCUT2D eigenvalue weighted by atomic mass is 10.2. The Bertz CT molecular complexity index is 781. The second kappa shape index (κ2) is 4.31. The highest BCUT2D eigenvalue weighted by Crippen LogP contribution is 2.18. The van der Waals surface area contributed by atoms with Crippen molar-refractivity contribution in [1.82, 2.24) is 4.57 Å². The van der Waals surface area contributed by atoms with Crippen LogP contribution >= 0.6 is 0 Å². The van der Waals surface area contributed by atoms with Crippen molar-refractivity contribution in [2.24, 2.45) is 0 Å². The molecule has 0 radical (unpaired) electrons. The monoisotopic (exact) mass is 255 g/mol. The number of hydrogen-bond donors (Lipinski definition) is 0. The van der Waals surface area contributed by atoms with E-state index in [0.717, 1.165) is 17.1 Å². The molecule has 0 aliphatic rings. The first-order chi connectivity index (χ1) is 9.20. The lowest BCUT2D eigenvalue weighted by Crippen LogP contribution is -2.19. The van der Waals surface area contributed by atoms with Crippen LogP contribution in [0.4, 0.5) is 0 Å². The van der Waals surface area contributed by atoms with Gasteiger partial charge in [-0.15, -0.1) is 0 Å². The topological polar surface area (TPSA) is 44.4 Å². The highest BCUT2D eigenvalue weighted by molar-refractivity contribution is 5.76. The van der Waals surface area contributed by atoms with Gasteiger partial charge in [-0.1, -0.05) is 0 Å². The summed E-state index contributed by atoms with van der Waals surface area (Å²) in [6.45, 7) is 1.88. The van der Waals surface area contributed by atoms with Gasteiger partial charge in [-0.05, 0) is 37.3 Å². The maximum absolute atomic E-state index is 12.4. The van der Waals surface area contributed by atoms with E-state index in [4.69, 9.17) is 9.15 Å². The Hall–Kier alpha value is -2.49. The van der Waals surface area contributed by atoms with Crippen LogP contribution in [0.1, 0.15) is 5.69 Å². The van der Waals surface area contributed by atoms with Crippen LogP contribution in [0, 0.1) is 6.92 Å². The Morgan fingerprint density at radius 2 is 1.89 bits per heavy atom. The standard InChI is InChI=1S/C15H13NO3/c1-10-9-14-13(7-8-19-14)15(17)16(10)11-3-5-12(18-2)6-4-11/h3-9H,1-2H3. The van der Waals surface area contributed by atoms with Crippen LogP contribution in [0.15, 0.2) is 51.9 Å². The number of benzene rings is 1. The first-order valence-electron chi connectivity index (χ1n) is 5.95. The Labute approximate surface area is 109 Å². The average Bonchev–Trinajstić information content (AvgIpc) is 2.88. The molecule has 96 valence electrons. The number of hydrogen-bond acceptors (Lipinski definition) is 3. The van der Waals surface area contributed by atoms with E-state index in [1.54, 1.807) is 17.7 Å². The summed E-state index contributed by atoms with van der Waals surface area (Å²) in [6, 6.07) is 10.9. The summed E-state index contributed by atoms with van der Waals surface area (Å²) in [5.41, 5.74) is 2.19. The molecule has 2 aromatic heterocycles. The van der Waals surface area contributed by atoms with Crippen LogP contribution in [0.25, 0.3) is 16.7 Å². The van der Waals surface area contributed by atoms with Crippen LogP contribution in [-0.4, -0.2) is 11.7 Å². The summed E-state index contributed by atoms with van der Waals surface area (Å²) in [6.07, 6.45) is 1.53. The zero-order valence-corrected chi connectivity index (χ0v) is 10.7. The molecule has 0 saturated carbocycles. The minimum absolute atomic E-state index is 0.0751. The molecule has 3 aromatic rings. The van der Waals surface area contributed by atoms with E-state index in [2.05, 4.69) is 0 Å². The first kappa shape index (κ1) is 11.6. The molecule has 0 unspecified atom stereocenters. The van der Waals surface area contributed by atoms with E-state index in [9.17, 15) is 4.79 Å². The molecule has 0 N–H and O–H groups in total. The molecule has 4 nitrogen and oxygen atoms in total. The van der Waals surface area contributed by atoms with Crippen LogP contribution < -0.4 is 10.3 Å². The third-order valence-corrected chi connectivity index (χ3v) is 3.15. The summed E-state index contributed by atoms with van der Waals surface area (Å²) in [5, 5.41) is 0.585. The number of ether oxygens (including phenoxy) is 1. The molecular formula is C15H13NO3. The Kier molecular flexibility index (Phi) is 2.63. The molecule has 0 fully saturated rings. The van der Waals surface area contributed by atoms with Crippen molar-refractivity contribution in [2.45, 2.75) is 6.92 Å². The van der Waals surface area contributed by atoms with Crippen molar-refractivity contribution < 1.29 is 9.15 Å². The van der Waals surface area contributed by atoms with Gasteiger partial charge in [0, 0.05) is 17.4 Å². The van der Waals surface area contributed by atoms with Crippen LogP contribution in [0.3, 0.4) is 0 Å². The van der Waals surface area contributed by atoms with Crippen molar-refractivity contribution >= 4 is 11.0 Å². The number of rotatable bonds is 2. The molecule has 0 bridgehead atoms. The van der Waals surface area contributed by atoms with E-state index >= 15 is 0 Å². The minimum Gasteiger partial charge on any atom is -0.497 e. The highest BCUT2D eigenvalue weighted by Gasteiger charge is 2.10. The van der Waals surface area contributed by atoms with Gasteiger partial charge in [0.05, 0.1) is 18.8 Å². The number of methoxy groups -OCH3 is 1. The summed E-state index contributed by atoms with van der Waals surface area (Å²) in [5.74, 6) is 0.763. The highest BCUT2D eigenvalue weighted by atomic mass is 16.5. The van der Waals surface area contributed by atoms with Gasteiger partial charge >= 0.3 is 0 Å². The van der Waals surface area contributed by atoms with Gasteiger partial charge in [0.2, 0.25) is 0 Å². The lowest BCUT2D eigenvalue weighted by molar-refractivity contribution is 0.414. The molecule has 0 aliphatic heterocycles. The summed E-state index contributed by atoms with van der Waals surface area (Å²) in [4.78, 5) is 12.4. The predicted molar refractivity (Wildman–Crippen MR) is 73.1 cm³/mol. The number of fused-ring (bicyclic) bond motifs is 1. The zero-order valence-electron chi connectivity index (χ0n) is 10.7. The van der Waals surface area contributed by atoms with E-state index in [1.165, 1.54) is 6.26 Å². The van der Waals surface area contributed by atoms with Crippen molar-refractivity contribution in [3.8, 4) is 11.4 Å². The molecule has 19 heavy (non-hydrogen) atoms. The van der Waals surface area contributed by atoms with Crippen molar-refractivity contribution in [3.63, 3.8) is 0 Å². The molecule has 0 spiro atoms. The fourth-order valence-electron chi connectivity index (χ4n) is 2.20. The van der Waals surface area contributed by atoms with Gasteiger partial charge in [0.25, 0.3) is 5.56 Å². The van der Waals surface area contributed by atoms with E-state index in [0.29, 0.717) is 11.0 Å². The van der Waals surface area contributed by atoms with Crippen LogP contribution in [0.5, 0.6) is 5.75 Å². The molecule has 1 aromatic carbocycles. The van der Waals surface area contributed by atoms with E-state index in [1.807, 2.05) is 37.3 Å². The molecule has 0 aliphatic carbocycles. The minimum atomic E-state index is -0.0751. The number of aryl methyl sites for hydroxylation is 1. The van der Waals surface area contributed by atoms with Gasteiger partial charge in [0.15, 0.2) is 0 Å². The Morgan fingerprint density at radius 3 is 2.58 bits per heavy atom. The Balaban J connectivity index is 2.25. The zero-order chi connectivity index (χ0) is 13.4. The fraction of sp³-hybridized carbons (Fsp3) is 0.133. The lowest BCUT2D eigenvalue weighted by Gasteiger charge is -2.10. The predicted octanol–water partition coefficient (Wildman–Crippen LogP) is 2.90. The molecule has 2 heterocycles. The molecule has 0 atom stereocenters. The number of furan rings is 1. The fourth-order valence-corrected chi connectivity index (χ4v) is 2.20. The molecule has 3 rings (SSSR count). The molecular weight excluding hydrogens is 242 g/mol. The third-order valence-electron chi connectivity index (χ3n) is 3.15. The van der Waals surface area contributed by atoms with Crippen molar-refractivity contribution in [3.05, 3.63) is 58.7 Å². The van der Waals surface area contributed by atoms with E-state index in [-0.39, 0.29) is 5.56 Å². The quantitative estimate of drug-likeness (QED) is 0.707. The molecule has 4 heteroatoms. The first-order valence-corrected chi connectivity index (χ1v) is 5.95. The largest absolute Gasteiger partial charge is 0.497 e. The van der Waals surface area contributed by atoms with Gasteiger partial charge in [-0.25, -0.2) is 0 Å². The second-order valence-corrected chi connectivity index (χ2v) is 4.32. The van der Waals surface area contributed by atoms with Crippen molar-refractivity contribution in [1.29, 1.82) is 0 Å². The maximum Gasteiger partial charge on any atom is 0.266 e. The second-order valence-electron chi connectivity index (χ2n) is 4.32. The maximum atomic E-state index is 12.4. The normalized spacial score (nSPS) is 10.8. The number of aromatic nitrogens is 1. The number of nitrogens with zero attached hydrogens (tertiary/aromatic N) is 1. The smallest absolute Gasteiger partial charge is 0.266 e. The van der Waals surface area contributed by atoms with Crippen molar-refractivity contribution in [2.75, 3.05) is 7.11 Å².